The lowest BCUT2D eigenvalue weighted by molar-refractivity contribution is 0.304. The zero-order valence-electron chi connectivity index (χ0n) is 15.2. The van der Waals surface area contributed by atoms with Gasteiger partial charge < -0.3 is 14.5 Å². The van der Waals surface area contributed by atoms with E-state index in [9.17, 15) is 0 Å². The van der Waals surface area contributed by atoms with Gasteiger partial charge in [-0.25, -0.2) is 4.98 Å². The van der Waals surface area contributed by atoms with Gasteiger partial charge >= 0.3 is 0 Å². The average Bonchev–Trinajstić information content (AvgIpc) is 3.19. The zero-order valence-corrected chi connectivity index (χ0v) is 15.2. The van der Waals surface area contributed by atoms with Gasteiger partial charge in [0, 0.05) is 26.5 Å². The van der Waals surface area contributed by atoms with E-state index in [1.807, 2.05) is 73.4 Å². The Morgan fingerprint density at radius 2 is 2.00 bits per heavy atom. The van der Waals surface area contributed by atoms with Crippen LogP contribution >= 0.6 is 0 Å². The lowest BCUT2D eigenvalue weighted by atomic mass is 10.1. The summed E-state index contributed by atoms with van der Waals surface area (Å²) in [6.45, 7) is 0.438. The summed E-state index contributed by atoms with van der Waals surface area (Å²) in [5, 5.41) is 6.36. The van der Waals surface area contributed by atoms with Gasteiger partial charge in [-0.05, 0) is 29.8 Å². The summed E-state index contributed by atoms with van der Waals surface area (Å²) in [4.78, 5) is 4.13. The first-order valence-electron chi connectivity index (χ1n) is 8.27. The van der Waals surface area contributed by atoms with Gasteiger partial charge in [0.25, 0.3) is 0 Å². The second-order valence-electron chi connectivity index (χ2n) is 5.88. The first kappa shape index (κ1) is 17.5. The highest BCUT2D eigenvalue weighted by Gasteiger charge is 2.13. The van der Waals surface area contributed by atoms with Crippen molar-refractivity contribution in [2.24, 2.45) is 5.10 Å². The van der Waals surface area contributed by atoms with E-state index in [1.54, 1.807) is 24.6 Å². The lowest BCUT2D eigenvalue weighted by Crippen LogP contribution is -2.18. The average molecular weight is 350 g/mol. The Kier molecular flexibility index (Phi) is 5.53. The van der Waals surface area contributed by atoms with Crippen molar-refractivity contribution in [2.75, 3.05) is 21.2 Å². The largest absolute Gasteiger partial charge is 0.497 e. The minimum Gasteiger partial charge on any atom is -0.497 e. The minimum atomic E-state index is 0.438. The SMILES string of the molecule is COc1cccc(COc2ccccc2/C(=N/N(C)C)n2ccnc2)c1. The Bertz CT molecular complexity index is 873. The van der Waals surface area contributed by atoms with Crippen LogP contribution in [0.25, 0.3) is 0 Å². The van der Waals surface area contributed by atoms with Gasteiger partial charge in [-0.2, -0.15) is 5.10 Å². The van der Waals surface area contributed by atoms with Crippen LogP contribution in [0.2, 0.25) is 0 Å². The molecule has 0 unspecified atom stereocenters. The van der Waals surface area contributed by atoms with E-state index in [4.69, 9.17) is 9.47 Å². The maximum absolute atomic E-state index is 6.09. The fraction of sp³-hybridized carbons (Fsp3) is 0.200. The number of imidazole rings is 1. The highest BCUT2D eigenvalue weighted by molar-refractivity contribution is 6.02. The molecule has 0 bridgehead atoms. The van der Waals surface area contributed by atoms with Crippen LogP contribution in [-0.2, 0) is 6.61 Å². The van der Waals surface area contributed by atoms with Gasteiger partial charge in [0.1, 0.15) is 24.4 Å². The quantitative estimate of drug-likeness (QED) is 0.389. The van der Waals surface area contributed by atoms with Crippen molar-refractivity contribution in [1.82, 2.24) is 14.6 Å². The molecule has 0 radical (unpaired) electrons. The standard InChI is InChI=1S/C20H22N4O2/c1-23(2)22-20(24-12-11-21-15-24)18-9-4-5-10-19(18)26-14-16-7-6-8-17(13-16)25-3/h4-13,15H,14H2,1-3H3/b22-20-. The molecule has 26 heavy (non-hydrogen) atoms. The number of para-hydroxylation sites is 1. The summed E-state index contributed by atoms with van der Waals surface area (Å²) < 4.78 is 13.2. The van der Waals surface area contributed by atoms with Crippen molar-refractivity contribution >= 4 is 5.84 Å². The Morgan fingerprint density at radius 1 is 1.15 bits per heavy atom. The number of rotatable bonds is 6. The maximum Gasteiger partial charge on any atom is 0.168 e. The van der Waals surface area contributed by atoms with Gasteiger partial charge in [-0.1, -0.05) is 24.3 Å². The molecule has 0 spiro atoms. The van der Waals surface area contributed by atoms with Crippen LogP contribution < -0.4 is 9.47 Å². The molecule has 0 N–H and O–H groups in total. The normalized spacial score (nSPS) is 11.3. The molecule has 1 aromatic heterocycles. The number of hydrazone groups is 1. The van der Waals surface area contributed by atoms with Gasteiger partial charge in [0.15, 0.2) is 5.84 Å². The number of nitrogens with zero attached hydrogens (tertiary/aromatic N) is 4. The third-order valence-corrected chi connectivity index (χ3v) is 3.70. The van der Waals surface area contributed by atoms with Crippen LogP contribution in [0.3, 0.4) is 0 Å². The second-order valence-corrected chi connectivity index (χ2v) is 5.88. The summed E-state index contributed by atoms with van der Waals surface area (Å²) in [5.74, 6) is 2.31. The van der Waals surface area contributed by atoms with E-state index in [0.717, 1.165) is 28.5 Å². The number of ether oxygens (including phenoxy) is 2. The molecule has 0 atom stereocenters. The van der Waals surface area contributed by atoms with E-state index in [0.29, 0.717) is 6.61 Å². The number of hydrogen-bond donors (Lipinski definition) is 0. The first-order chi connectivity index (χ1) is 12.7. The molecule has 6 heteroatoms. The predicted octanol–water partition coefficient (Wildman–Crippen LogP) is 3.24. The molecule has 0 fully saturated rings. The summed E-state index contributed by atoms with van der Waals surface area (Å²) in [6.07, 6.45) is 5.31. The van der Waals surface area contributed by atoms with Gasteiger partial charge in [0.05, 0.1) is 12.7 Å². The molecule has 0 aliphatic heterocycles. The molecule has 0 saturated carbocycles. The Hall–Kier alpha value is -3.28. The summed E-state index contributed by atoms with van der Waals surface area (Å²) in [7, 11) is 5.43. The predicted molar refractivity (Wildman–Crippen MR) is 102 cm³/mol. The molecule has 2 aromatic carbocycles. The van der Waals surface area contributed by atoms with Crippen molar-refractivity contribution in [3.8, 4) is 11.5 Å². The summed E-state index contributed by atoms with van der Waals surface area (Å²) in [6, 6.07) is 15.7. The molecule has 0 aliphatic rings. The van der Waals surface area contributed by atoms with Gasteiger partial charge in [-0.15, -0.1) is 0 Å². The Balaban J connectivity index is 1.89. The van der Waals surface area contributed by atoms with E-state index < -0.39 is 0 Å². The molecular formula is C20H22N4O2. The third kappa shape index (κ3) is 4.22. The smallest absolute Gasteiger partial charge is 0.168 e. The second kappa shape index (κ2) is 8.20. The van der Waals surface area contributed by atoms with Crippen LogP contribution in [0, 0.1) is 0 Å². The molecule has 0 aliphatic carbocycles. The maximum atomic E-state index is 6.09. The van der Waals surface area contributed by atoms with E-state index in [1.165, 1.54) is 0 Å². The molecule has 1 heterocycles. The molecule has 3 rings (SSSR count). The Labute approximate surface area is 153 Å². The number of benzene rings is 2. The van der Waals surface area contributed by atoms with Crippen molar-refractivity contribution in [3.05, 3.63) is 78.4 Å². The van der Waals surface area contributed by atoms with Crippen molar-refractivity contribution in [3.63, 3.8) is 0 Å². The topological polar surface area (TPSA) is 51.9 Å². The highest BCUT2D eigenvalue weighted by Crippen LogP contribution is 2.22. The fourth-order valence-corrected chi connectivity index (χ4v) is 2.52. The molecule has 3 aromatic rings. The van der Waals surface area contributed by atoms with Crippen LogP contribution in [0.4, 0.5) is 0 Å². The van der Waals surface area contributed by atoms with Crippen LogP contribution in [0.1, 0.15) is 11.1 Å². The number of aromatic nitrogens is 2. The van der Waals surface area contributed by atoms with Crippen molar-refractivity contribution in [1.29, 1.82) is 0 Å². The molecule has 0 saturated heterocycles. The van der Waals surface area contributed by atoms with Crippen LogP contribution in [-0.4, -0.2) is 41.6 Å². The number of hydrogen-bond acceptors (Lipinski definition) is 5. The van der Waals surface area contributed by atoms with Crippen LogP contribution in [0.15, 0.2) is 72.4 Å². The summed E-state index contributed by atoms with van der Waals surface area (Å²) in [5.41, 5.74) is 1.93. The van der Waals surface area contributed by atoms with Gasteiger partial charge in [-0.3, -0.25) is 4.57 Å². The van der Waals surface area contributed by atoms with Crippen LogP contribution in [0.5, 0.6) is 11.5 Å². The lowest BCUT2D eigenvalue weighted by Gasteiger charge is -2.16. The Morgan fingerprint density at radius 3 is 2.73 bits per heavy atom. The van der Waals surface area contributed by atoms with Crippen molar-refractivity contribution < 1.29 is 9.47 Å². The molecule has 134 valence electrons. The molecule has 0 amide bonds. The minimum absolute atomic E-state index is 0.438. The van der Waals surface area contributed by atoms with Crippen molar-refractivity contribution in [2.45, 2.75) is 6.61 Å². The molecular weight excluding hydrogens is 328 g/mol. The van der Waals surface area contributed by atoms with E-state index >= 15 is 0 Å². The zero-order chi connectivity index (χ0) is 18.4. The van der Waals surface area contributed by atoms with Gasteiger partial charge in [0.2, 0.25) is 0 Å². The highest BCUT2D eigenvalue weighted by atomic mass is 16.5. The molecule has 6 nitrogen and oxygen atoms in total. The fourth-order valence-electron chi connectivity index (χ4n) is 2.52. The monoisotopic (exact) mass is 350 g/mol. The van der Waals surface area contributed by atoms with E-state index in [2.05, 4.69) is 10.1 Å². The first-order valence-corrected chi connectivity index (χ1v) is 8.27. The van der Waals surface area contributed by atoms with E-state index in [-0.39, 0.29) is 0 Å². The third-order valence-electron chi connectivity index (χ3n) is 3.70. The summed E-state index contributed by atoms with van der Waals surface area (Å²) >= 11 is 0. The number of methoxy groups -OCH3 is 1.